The Labute approximate surface area is 82.8 Å². The lowest BCUT2D eigenvalue weighted by molar-refractivity contribution is 0.602. The molecule has 0 aromatic heterocycles. The first-order valence-corrected chi connectivity index (χ1v) is 5.83. The predicted molar refractivity (Wildman–Crippen MR) is 54.5 cm³/mol. The van der Waals surface area contributed by atoms with E-state index in [0.717, 1.165) is 0 Å². The van der Waals surface area contributed by atoms with Crippen LogP contribution in [0.4, 0.5) is 5.69 Å². The maximum Gasteiger partial charge on any atom is 0.232 e. The molecule has 0 aliphatic rings. The van der Waals surface area contributed by atoms with Crippen molar-refractivity contribution >= 4 is 27.3 Å². The lowest BCUT2D eigenvalue weighted by Gasteiger charge is -2.06. The molecule has 1 rings (SSSR count). The smallest absolute Gasteiger partial charge is 0.232 e. The van der Waals surface area contributed by atoms with Crippen molar-refractivity contribution in [2.75, 3.05) is 10.5 Å². The highest BCUT2D eigenvalue weighted by molar-refractivity contribution is 7.92. The van der Waals surface area contributed by atoms with Gasteiger partial charge in [-0.05, 0) is 19.1 Å². The van der Waals surface area contributed by atoms with Crippen LogP contribution in [0.5, 0.6) is 0 Å². The molecule has 0 atom stereocenters. The van der Waals surface area contributed by atoms with E-state index in [1.54, 1.807) is 31.2 Å². The number of nitrogens with one attached hydrogen (secondary N) is 1. The molecule has 1 N–H and O–H groups in total. The lowest BCUT2D eigenvalue weighted by atomic mass is 10.3. The zero-order valence-corrected chi connectivity index (χ0v) is 8.69. The van der Waals surface area contributed by atoms with Crippen LogP contribution in [0.1, 0.15) is 6.92 Å². The minimum Gasteiger partial charge on any atom is -0.282 e. The van der Waals surface area contributed by atoms with Crippen LogP contribution in [0.15, 0.2) is 24.3 Å². The summed E-state index contributed by atoms with van der Waals surface area (Å²) in [6.45, 7) is 1.57. The quantitative estimate of drug-likeness (QED) is 0.847. The number of benzene rings is 1. The van der Waals surface area contributed by atoms with E-state index in [0.29, 0.717) is 10.7 Å². The van der Waals surface area contributed by atoms with Gasteiger partial charge in [-0.1, -0.05) is 23.7 Å². The average Bonchev–Trinajstić information content (AvgIpc) is 2.09. The van der Waals surface area contributed by atoms with Crippen LogP contribution in [0.2, 0.25) is 5.02 Å². The summed E-state index contributed by atoms with van der Waals surface area (Å²) >= 11 is 5.76. The molecular weight excluding hydrogens is 210 g/mol. The summed E-state index contributed by atoms with van der Waals surface area (Å²) in [5.41, 5.74) is 0.422. The predicted octanol–water partition coefficient (Wildman–Crippen LogP) is 2.10. The average molecular weight is 220 g/mol. The maximum absolute atomic E-state index is 11.2. The van der Waals surface area contributed by atoms with Crippen molar-refractivity contribution in [3.8, 4) is 0 Å². The topological polar surface area (TPSA) is 46.2 Å². The van der Waals surface area contributed by atoms with Gasteiger partial charge < -0.3 is 0 Å². The van der Waals surface area contributed by atoms with Crippen molar-refractivity contribution < 1.29 is 8.42 Å². The standard InChI is InChI=1S/C8H10ClNO2S/c1-2-13(11,12)10-8-6-4-3-5-7(8)9/h3-6,10H,2H2,1H3. The third-order valence-corrected chi connectivity index (χ3v) is 3.14. The van der Waals surface area contributed by atoms with Gasteiger partial charge in [0.15, 0.2) is 0 Å². The van der Waals surface area contributed by atoms with E-state index in [4.69, 9.17) is 11.6 Å². The lowest BCUT2D eigenvalue weighted by Crippen LogP contribution is -2.14. The highest BCUT2D eigenvalue weighted by Crippen LogP contribution is 2.21. The molecule has 0 fully saturated rings. The first-order valence-electron chi connectivity index (χ1n) is 3.80. The molecule has 5 heteroatoms. The Morgan fingerprint density at radius 2 is 2.00 bits per heavy atom. The second-order valence-electron chi connectivity index (χ2n) is 2.49. The zero-order valence-electron chi connectivity index (χ0n) is 7.12. The molecule has 1 aromatic rings. The summed E-state index contributed by atoms with van der Waals surface area (Å²) in [5, 5.41) is 0.402. The maximum atomic E-state index is 11.2. The van der Waals surface area contributed by atoms with Crippen LogP contribution in [-0.2, 0) is 10.0 Å². The van der Waals surface area contributed by atoms with E-state index >= 15 is 0 Å². The van der Waals surface area contributed by atoms with Crippen LogP contribution in [0, 0.1) is 0 Å². The number of halogens is 1. The van der Waals surface area contributed by atoms with Gasteiger partial charge in [0.2, 0.25) is 10.0 Å². The van der Waals surface area contributed by atoms with E-state index < -0.39 is 10.0 Å². The minimum absolute atomic E-state index is 0.0399. The SMILES string of the molecule is CCS(=O)(=O)Nc1ccccc1Cl. The highest BCUT2D eigenvalue weighted by Gasteiger charge is 2.08. The largest absolute Gasteiger partial charge is 0.282 e. The molecule has 3 nitrogen and oxygen atoms in total. The van der Waals surface area contributed by atoms with Crippen LogP contribution >= 0.6 is 11.6 Å². The van der Waals surface area contributed by atoms with Gasteiger partial charge in [-0.2, -0.15) is 0 Å². The summed E-state index contributed by atoms with van der Waals surface area (Å²) < 4.78 is 24.7. The molecule has 0 heterocycles. The van der Waals surface area contributed by atoms with Crippen molar-refractivity contribution in [1.29, 1.82) is 0 Å². The van der Waals surface area contributed by atoms with Gasteiger partial charge in [0, 0.05) is 0 Å². The molecule has 0 bridgehead atoms. The summed E-state index contributed by atoms with van der Waals surface area (Å²) in [7, 11) is -3.23. The molecular formula is C8H10ClNO2S. The molecule has 13 heavy (non-hydrogen) atoms. The molecule has 1 aromatic carbocycles. The second-order valence-corrected chi connectivity index (χ2v) is 4.90. The molecule has 0 saturated heterocycles. The molecule has 0 spiro atoms. The Hall–Kier alpha value is -0.740. The monoisotopic (exact) mass is 219 g/mol. The van der Waals surface area contributed by atoms with Gasteiger partial charge in [0.1, 0.15) is 0 Å². The third-order valence-electron chi connectivity index (χ3n) is 1.52. The van der Waals surface area contributed by atoms with E-state index in [2.05, 4.69) is 4.72 Å². The van der Waals surface area contributed by atoms with E-state index in [1.807, 2.05) is 0 Å². The van der Waals surface area contributed by atoms with Gasteiger partial charge in [0.05, 0.1) is 16.5 Å². The first-order chi connectivity index (χ1) is 6.05. The summed E-state index contributed by atoms with van der Waals surface area (Å²) in [6, 6.07) is 6.72. The summed E-state index contributed by atoms with van der Waals surface area (Å²) in [4.78, 5) is 0. The molecule has 72 valence electrons. The fourth-order valence-electron chi connectivity index (χ4n) is 0.784. The number of hydrogen-bond acceptors (Lipinski definition) is 2. The van der Waals surface area contributed by atoms with E-state index in [1.165, 1.54) is 0 Å². The van der Waals surface area contributed by atoms with Crippen molar-refractivity contribution in [3.63, 3.8) is 0 Å². The number of rotatable bonds is 3. The van der Waals surface area contributed by atoms with Crippen LogP contribution in [-0.4, -0.2) is 14.2 Å². The Morgan fingerprint density at radius 1 is 1.38 bits per heavy atom. The number of para-hydroxylation sites is 1. The Balaban J connectivity index is 2.93. The summed E-state index contributed by atoms with van der Waals surface area (Å²) in [5.74, 6) is 0.0399. The van der Waals surface area contributed by atoms with Gasteiger partial charge in [-0.15, -0.1) is 0 Å². The Bertz CT molecular complexity index is 389. The van der Waals surface area contributed by atoms with Crippen LogP contribution in [0.25, 0.3) is 0 Å². The molecule has 0 aliphatic carbocycles. The fraction of sp³-hybridized carbons (Fsp3) is 0.250. The van der Waals surface area contributed by atoms with Crippen molar-refractivity contribution in [2.45, 2.75) is 6.92 Å². The highest BCUT2D eigenvalue weighted by atomic mass is 35.5. The molecule has 0 amide bonds. The van der Waals surface area contributed by atoms with Gasteiger partial charge >= 0.3 is 0 Å². The first kappa shape index (κ1) is 10.3. The second kappa shape index (κ2) is 3.98. The zero-order chi connectivity index (χ0) is 9.90. The van der Waals surface area contributed by atoms with Crippen molar-refractivity contribution in [2.24, 2.45) is 0 Å². The fourth-order valence-corrected chi connectivity index (χ4v) is 1.68. The Kier molecular flexibility index (Phi) is 3.17. The summed E-state index contributed by atoms with van der Waals surface area (Å²) in [6.07, 6.45) is 0. The van der Waals surface area contributed by atoms with Crippen LogP contribution < -0.4 is 4.72 Å². The van der Waals surface area contributed by atoms with Gasteiger partial charge in [-0.3, -0.25) is 4.72 Å². The molecule has 0 saturated carbocycles. The van der Waals surface area contributed by atoms with E-state index in [9.17, 15) is 8.42 Å². The molecule has 0 unspecified atom stereocenters. The van der Waals surface area contributed by atoms with Gasteiger partial charge in [-0.25, -0.2) is 8.42 Å². The Morgan fingerprint density at radius 3 is 2.54 bits per heavy atom. The van der Waals surface area contributed by atoms with E-state index in [-0.39, 0.29) is 5.75 Å². The molecule has 0 aliphatic heterocycles. The van der Waals surface area contributed by atoms with Crippen molar-refractivity contribution in [3.05, 3.63) is 29.3 Å². The normalized spacial score (nSPS) is 11.2. The van der Waals surface area contributed by atoms with Crippen LogP contribution in [0.3, 0.4) is 0 Å². The van der Waals surface area contributed by atoms with Crippen molar-refractivity contribution in [1.82, 2.24) is 0 Å². The number of hydrogen-bond donors (Lipinski definition) is 1. The van der Waals surface area contributed by atoms with Gasteiger partial charge in [0.25, 0.3) is 0 Å². The third kappa shape index (κ3) is 2.90. The number of anilines is 1. The minimum atomic E-state index is -3.23. The molecule has 0 radical (unpaired) electrons. The number of sulfonamides is 1.